The number of hydrogen-bond donors (Lipinski definition) is 1. The van der Waals surface area contributed by atoms with Crippen molar-refractivity contribution in [2.24, 2.45) is 0 Å². The Bertz CT molecular complexity index is 1730. The summed E-state index contributed by atoms with van der Waals surface area (Å²) in [6.45, 7) is -1.84. The average Bonchev–Trinajstić information content (AvgIpc) is 3.33. The smallest absolute Gasteiger partial charge is 0.343 e. The molecular weight excluding hydrogens is 614 g/mol. The molecule has 4 atom stereocenters. The average molecular weight is 637 g/mol. The van der Waals surface area contributed by atoms with E-state index in [4.69, 9.17) is 23.7 Å². The number of halogens is 2. The van der Waals surface area contributed by atoms with Crippen LogP contribution in [0.5, 0.6) is 0 Å². The number of hydrogen-bond acceptors (Lipinski definition) is 14. The minimum absolute atomic E-state index is 0.0152. The van der Waals surface area contributed by atoms with Crippen LogP contribution in [0.3, 0.4) is 0 Å². The molecule has 5 rings (SSSR count). The highest BCUT2D eigenvalue weighted by Crippen LogP contribution is 2.36. The molecule has 0 unspecified atom stereocenters. The van der Waals surface area contributed by atoms with Crippen LogP contribution in [0.2, 0.25) is 0 Å². The zero-order valence-corrected chi connectivity index (χ0v) is 23.4. The van der Waals surface area contributed by atoms with Crippen LogP contribution in [0.4, 0.5) is 8.78 Å². The molecule has 16 heteroatoms. The van der Waals surface area contributed by atoms with Crippen LogP contribution in [-0.2, 0) is 23.7 Å². The first-order valence-corrected chi connectivity index (χ1v) is 13.3. The van der Waals surface area contributed by atoms with E-state index >= 15 is 0 Å². The standard InChI is InChI=1S/C30H22F2N4O10/c31-24-19(7-3-11-35-24)28(39)42-15-21-22(44-27(38)18-6-2-10-34-14-18)23(45-29(40)20-8-4-12-36-25(20)32)30(41,46-21)16-43-26(37)17-5-1-9-33-13-17/h1-14,21-23,41H,15-16H2/t21-,22-,23+,30-/m1/s1. The van der Waals surface area contributed by atoms with Crippen LogP contribution in [0, 0.1) is 11.9 Å². The maximum atomic E-state index is 14.4. The van der Waals surface area contributed by atoms with Crippen molar-refractivity contribution in [1.29, 1.82) is 0 Å². The fraction of sp³-hybridized carbons (Fsp3) is 0.200. The first-order valence-electron chi connectivity index (χ1n) is 13.3. The highest BCUT2D eigenvalue weighted by molar-refractivity contribution is 5.91. The number of carbonyl (C=O) groups is 4. The summed E-state index contributed by atoms with van der Waals surface area (Å²) in [7, 11) is 0. The Morgan fingerprint density at radius 1 is 0.739 bits per heavy atom. The minimum atomic E-state index is -2.78. The summed E-state index contributed by atoms with van der Waals surface area (Å²) in [6.07, 6.45) is 1.88. The summed E-state index contributed by atoms with van der Waals surface area (Å²) in [6, 6.07) is 10.3. The van der Waals surface area contributed by atoms with Gasteiger partial charge in [0.2, 0.25) is 17.7 Å². The Labute approximate surface area is 257 Å². The molecule has 0 radical (unpaired) electrons. The normalized spacial score (nSPS) is 20.4. The van der Waals surface area contributed by atoms with Gasteiger partial charge in [-0.3, -0.25) is 9.97 Å². The molecule has 1 aliphatic rings. The van der Waals surface area contributed by atoms with E-state index in [9.17, 15) is 33.1 Å². The number of aromatic nitrogens is 4. The molecule has 236 valence electrons. The molecule has 46 heavy (non-hydrogen) atoms. The number of esters is 4. The van der Waals surface area contributed by atoms with Crippen molar-refractivity contribution in [1.82, 2.24) is 19.9 Å². The van der Waals surface area contributed by atoms with Crippen LogP contribution < -0.4 is 0 Å². The van der Waals surface area contributed by atoms with Crippen LogP contribution in [0.25, 0.3) is 0 Å². The fourth-order valence-corrected chi connectivity index (χ4v) is 4.29. The Hall–Kier alpha value is -5.74. The van der Waals surface area contributed by atoms with Gasteiger partial charge in [0, 0.05) is 37.2 Å². The van der Waals surface area contributed by atoms with Crippen LogP contribution in [0.15, 0.2) is 85.7 Å². The molecule has 0 spiro atoms. The Kier molecular flexibility index (Phi) is 9.58. The minimum Gasteiger partial charge on any atom is -0.459 e. The van der Waals surface area contributed by atoms with E-state index in [-0.39, 0.29) is 11.1 Å². The third kappa shape index (κ3) is 7.14. The number of rotatable bonds is 10. The second kappa shape index (κ2) is 13.9. The number of pyridine rings is 4. The molecule has 0 aliphatic carbocycles. The highest BCUT2D eigenvalue weighted by atomic mass is 19.1. The summed E-state index contributed by atoms with van der Waals surface area (Å²) < 4.78 is 55.5. The van der Waals surface area contributed by atoms with E-state index < -0.39 is 84.2 Å². The lowest BCUT2D eigenvalue weighted by Gasteiger charge is -2.29. The molecule has 4 aromatic rings. The molecule has 1 saturated heterocycles. The Morgan fingerprint density at radius 3 is 1.87 bits per heavy atom. The zero-order chi connectivity index (χ0) is 32.7. The predicted molar refractivity (Wildman–Crippen MR) is 146 cm³/mol. The van der Waals surface area contributed by atoms with Gasteiger partial charge in [0.05, 0.1) is 11.1 Å². The summed E-state index contributed by atoms with van der Waals surface area (Å²) >= 11 is 0. The van der Waals surface area contributed by atoms with E-state index in [1.54, 1.807) is 0 Å². The maximum absolute atomic E-state index is 14.4. The SMILES string of the molecule is O=C(OC[C@@]1(O)O[C@H](COC(=O)c2cccnc2F)[C@@H](OC(=O)c2cccnc2)[C@@H]1OC(=O)c1cccnc1F)c1cccnc1. The molecule has 0 aromatic carbocycles. The highest BCUT2D eigenvalue weighted by Gasteiger charge is 2.60. The monoisotopic (exact) mass is 636 g/mol. The van der Waals surface area contributed by atoms with Gasteiger partial charge in [0.1, 0.15) is 30.4 Å². The molecule has 1 N–H and O–H groups in total. The maximum Gasteiger partial charge on any atom is 0.343 e. The van der Waals surface area contributed by atoms with Gasteiger partial charge in [-0.25, -0.2) is 29.1 Å². The van der Waals surface area contributed by atoms with Gasteiger partial charge in [-0.15, -0.1) is 0 Å². The molecule has 0 amide bonds. The molecule has 1 fully saturated rings. The Balaban J connectivity index is 1.47. The van der Waals surface area contributed by atoms with Crippen LogP contribution >= 0.6 is 0 Å². The second-order valence-electron chi connectivity index (χ2n) is 9.54. The first kappa shape index (κ1) is 31.7. The lowest BCUT2D eigenvalue weighted by atomic mass is 10.0. The van der Waals surface area contributed by atoms with Crippen LogP contribution in [0.1, 0.15) is 41.4 Å². The first-order chi connectivity index (χ1) is 22.2. The molecule has 14 nitrogen and oxygen atoms in total. The van der Waals surface area contributed by atoms with Crippen molar-refractivity contribution in [3.05, 3.63) is 120 Å². The van der Waals surface area contributed by atoms with Gasteiger partial charge in [-0.05, 0) is 48.5 Å². The molecular formula is C30H22F2N4O10. The van der Waals surface area contributed by atoms with Gasteiger partial charge < -0.3 is 28.8 Å². The number of nitrogens with zero attached hydrogens (tertiary/aromatic N) is 4. The van der Waals surface area contributed by atoms with E-state index in [1.165, 1.54) is 55.0 Å². The van der Waals surface area contributed by atoms with Crippen molar-refractivity contribution in [3.8, 4) is 0 Å². The number of ether oxygens (including phenoxy) is 5. The van der Waals surface area contributed by atoms with Crippen molar-refractivity contribution in [3.63, 3.8) is 0 Å². The van der Waals surface area contributed by atoms with Gasteiger partial charge in [-0.2, -0.15) is 8.78 Å². The molecule has 4 aromatic heterocycles. The van der Waals surface area contributed by atoms with E-state index in [1.807, 2.05) is 0 Å². The topological polar surface area (TPSA) is 186 Å². The van der Waals surface area contributed by atoms with E-state index in [2.05, 4.69) is 19.9 Å². The second-order valence-corrected chi connectivity index (χ2v) is 9.54. The van der Waals surface area contributed by atoms with Gasteiger partial charge in [0.15, 0.2) is 12.2 Å². The van der Waals surface area contributed by atoms with E-state index in [0.29, 0.717) is 0 Å². The lowest BCUT2D eigenvalue weighted by Crippen LogP contribution is -2.51. The number of aliphatic hydroxyl groups is 1. The fourth-order valence-electron chi connectivity index (χ4n) is 4.29. The quantitative estimate of drug-likeness (QED) is 0.151. The van der Waals surface area contributed by atoms with Crippen molar-refractivity contribution in [2.75, 3.05) is 13.2 Å². The largest absolute Gasteiger partial charge is 0.459 e. The summed E-state index contributed by atoms with van der Waals surface area (Å²) in [5.74, 6) is -9.71. The zero-order valence-electron chi connectivity index (χ0n) is 23.4. The molecule has 1 aliphatic heterocycles. The summed E-state index contributed by atoms with van der Waals surface area (Å²) in [5.41, 5.74) is -1.28. The Morgan fingerprint density at radius 2 is 1.30 bits per heavy atom. The third-order valence-corrected chi connectivity index (χ3v) is 6.48. The molecule has 0 bridgehead atoms. The van der Waals surface area contributed by atoms with Crippen molar-refractivity contribution in [2.45, 2.75) is 24.1 Å². The van der Waals surface area contributed by atoms with Gasteiger partial charge in [-0.1, -0.05) is 0 Å². The van der Waals surface area contributed by atoms with Crippen LogP contribution in [-0.4, -0.2) is 86.2 Å². The van der Waals surface area contributed by atoms with Crippen molar-refractivity contribution >= 4 is 23.9 Å². The molecule has 5 heterocycles. The molecule has 0 saturated carbocycles. The third-order valence-electron chi connectivity index (χ3n) is 6.48. The van der Waals surface area contributed by atoms with E-state index in [0.717, 1.165) is 30.7 Å². The summed E-state index contributed by atoms with van der Waals surface area (Å²) in [4.78, 5) is 65.9. The predicted octanol–water partition coefficient (Wildman–Crippen LogP) is 2.10. The summed E-state index contributed by atoms with van der Waals surface area (Å²) in [5, 5.41) is 11.6. The van der Waals surface area contributed by atoms with Gasteiger partial charge in [0.25, 0.3) is 0 Å². The van der Waals surface area contributed by atoms with Crippen molar-refractivity contribution < 1.29 is 56.7 Å². The number of carbonyl (C=O) groups excluding carboxylic acids is 4. The lowest BCUT2D eigenvalue weighted by molar-refractivity contribution is -0.247. The van der Waals surface area contributed by atoms with Gasteiger partial charge >= 0.3 is 23.9 Å².